The van der Waals surface area contributed by atoms with E-state index in [9.17, 15) is 14.7 Å². The molecule has 1 aromatic heterocycles. The Morgan fingerprint density at radius 2 is 2.05 bits per heavy atom. The first kappa shape index (κ1) is 12.4. The molecular formula is C14H13N3O3. The second-order valence-corrected chi connectivity index (χ2v) is 4.77. The highest BCUT2D eigenvalue weighted by Gasteiger charge is 2.29. The molecule has 0 radical (unpaired) electrons. The van der Waals surface area contributed by atoms with E-state index in [1.807, 2.05) is 6.07 Å². The maximum atomic E-state index is 12.3. The summed E-state index contributed by atoms with van der Waals surface area (Å²) in [5.74, 6) is -0.643. The van der Waals surface area contributed by atoms with Gasteiger partial charge in [0.2, 0.25) is 0 Å². The fourth-order valence-corrected chi connectivity index (χ4v) is 2.57. The number of imidazole rings is 1. The summed E-state index contributed by atoms with van der Waals surface area (Å²) >= 11 is 0. The lowest BCUT2D eigenvalue weighted by Crippen LogP contribution is -2.25. The number of carbonyl (C=O) groups is 2. The minimum absolute atomic E-state index is 0.00106. The lowest BCUT2D eigenvalue weighted by molar-refractivity contribution is 0.0683. The summed E-state index contributed by atoms with van der Waals surface area (Å²) in [6.45, 7) is 1.96. The number of carboxylic acid groups (broad SMARTS) is 1. The average Bonchev–Trinajstić information content (AvgIpc) is 2.69. The van der Waals surface area contributed by atoms with Crippen LogP contribution < -0.4 is 0 Å². The van der Waals surface area contributed by atoms with Crippen LogP contribution in [0.25, 0.3) is 5.69 Å². The standard InChI is InChI=1S/C14H13N3O3/c1-8-15-12(14(19)20)11-7-16(2)13(18)9-5-3-4-6-10(9)17(8)11/h3-6H,7H2,1-2H3,(H,19,20). The van der Waals surface area contributed by atoms with E-state index < -0.39 is 5.97 Å². The summed E-state index contributed by atoms with van der Waals surface area (Å²) in [6.07, 6.45) is 0. The van der Waals surface area contributed by atoms with Gasteiger partial charge in [-0.1, -0.05) is 12.1 Å². The van der Waals surface area contributed by atoms with Crippen molar-refractivity contribution in [3.63, 3.8) is 0 Å². The van der Waals surface area contributed by atoms with Gasteiger partial charge in [-0.15, -0.1) is 0 Å². The number of rotatable bonds is 1. The van der Waals surface area contributed by atoms with Crippen molar-refractivity contribution in [3.8, 4) is 5.69 Å². The molecule has 1 aliphatic heterocycles. The molecule has 6 nitrogen and oxygen atoms in total. The lowest BCUT2D eigenvalue weighted by Gasteiger charge is -2.13. The molecule has 0 saturated heterocycles. The van der Waals surface area contributed by atoms with E-state index in [0.717, 1.165) is 0 Å². The number of nitrogens with zero attached hydrogens (tertiary/aromatic N) is 3. The Labute approximate surface area is 115 Å². The molecule has 2 heterocycles. The van der Waals surface area contributed by atoms with Gasteiger partial charge in [-0.2, -0.15) is 0 Å². The van der Waals surface area contributed by atoms with Gasteiger partial charge in [-0.25, -0.2) is 9.78 Å². The van der Waals surface area contributed by atoms with E-state index in [1.54, 1.807) is 36.7 Å². The number of para-hydroxylation sites is 1. The number of aromatic nitrogens is 2. The zero-order valence-electron chi connectivity index (χ0n) is 11.1. The highest BCUT2D eigenvalue weighted by Crippen LogP contribution is 2.27. The fourth-order valence-electron chi connectivity index (χ4n) is 2.57. The van der Waals surface area contributed by atoms with Gasteiger partial charge in [-0.05, 0) is 19.1 Å². The number of carbonyl (C=O) groups excluding carboxylic acids is 1. The number of aryl methyl sites for hydroxylation is 1. The third kappa shape index (κ3) is 1.61. The molecule has 20 heavy (non-hydrogen) atoms. The minimum atomic E-state index is -1.08. The number of carboxylic acids is 1. The number of aromatic carboxylic acids is 1. The normalized spacial score (nSPS) is 13.7. The molecule has 1 N–H and O–H groups in total. The quantitative estimate of drug-likeness (QED) is 0.852. The van der Waals surface area contributed by atoms with Crippen LogP contribution in [0.1, 0.15) is 32.4 Å². The predicted octanol–water partition coefficient (Wildman–Crippen LogP) is 1.46. The van der Waals surface area contributed by atoms with Gasteiger partial charge in [0.05, 0.1) is 23.5 Å². The Kier molecular flexibility index (Phi) is 2.60. The molecule has 0 spiro atoms. The van der Waals surface area contributed by atoms with Crippen LogP contribution in [0, 0.1) is 6.92 Å². The van der Waals surface area contributed by atoms with E-state index >= 15 is 0 Å². The van der Waals surface area contributed by atoms with Crippen molar-refractivity contribution >= 4 is 11.9 Å². The number of fused-ring (bicyclic) bond motifs is 3. The van der Waals surface area contributed by atoms with E-state index in [2.05, 4.69) is 4.98 Å². The van der Waals surface area contributed by atoms with Gasteiger partial charge in [0.1, 0.15) is 5.82 Å². The van der Waals surface area contributed by atoms with Crippen LogP contribution >= 0.6 is 0 Å². The Morgan fingerprint density at radius 1 is 1.35 bits per heavy atom. The Balaban J connectivity index is 2.37. The highest BCUT2D eigenvalue weighted by atomic mass is 16.4. The molecule has 1 amide bonds. The summed E-state index contributed by atoms with van der Waals surface area (Å²) in [7, 11) is 1.66. The first-order valence-electron chi connectivity index (χ1n) is 6.17. The van der Waals surface area contributed by atoms with Crippen molar-refractivity contribution in [1.29, 1.82) is 0 Å². The first-order chi connectivity index (χ1) is 9.50. The molecule has 0 unspecified atom stereocenters. The Morgan fingerprint density at radius 3 is 2.75 bits per heavy atom. The van der Waals surface area contributed by atoms with Gasteiger partial charge >= 0.3 is 5.97 Å². The van der Waals surface area contributed by atoms with Crippen molar-refractivity contribution < 1.29 is 14.7 Å². The number of benzene rings is 1. The molecule has 1 aliphatic rings. The largest absolute Gasteiger partial charge is 0.476 e. The van der Waals surface area contributed by atoms with Crippen LogP contribution in [0.15, 0.2) is 24.3 Å². The van der Waals surface area contributed by atoms with Crippen molar-refractivity contribution in [2.24, 2.45) is 0 Å². The molecule has 6 heteroatoms. The molecule has 0 atom stereocenters. The molecule has 3 rings (SSSR count). The third-order valence-electron chi connectivity index (χ3n) is 3.45. The van der Waals surface area contributed by atoms with E-state index in [0.29, 0.717) is 22.8 Å². The molecule has 0 fully saturated rings. The van der Waals surface area contributed by atoms with E-state index in [-0.39, 0.29) is 18.1 Å². The summed E-state index contributed by atoms with van der Waals surface area (Å²) in [5.41, 5.74) is 1.75. The molecule has 2 aromatic rings. The molecule has 0 bridgehead atoms. The topological polar surface area (TPSA) is 75.4 Å². The van der Waals surface area contributed by atoms with Gasteiger partial charge in [-0.3, -0.25) is 9.36 Å². The number of amides is 1. The fraction of sp³-hybridized carbons (Fsp3) is 0.214. The van der Waals surface area contributed by atoms with Crippen molar-refractivity contribution in [2.75, 3.05) is 7.05 Å². The number of hydrogen-bond acceptors (Lipinski definition) is 3. The maximum absolute atomic E-state index is 12.3. The van der Waals surface area contributed by atoms with E-state index in [4.69, 9.17) is 0 Å². The Bertz CT molecular complexity index is 733. The Hall–Kier alpha value is -2.63. The zero-order chi connectivity index (χ0) is 14.4. The van der Waals surface area contributed by atoms with Crippen LogP contribution in [0.3, 0.4) is 0 Å². The third-order valence-corrected chi connectivity index (χ3v) is 3.45. The summed E-state index contributed by atoms with van der Waals surface area (Å²) in [5, 5.41) is 9.27. The van der Waals surface area contributed by atoms with Gasteiger partial charge in [0.25, 0.3) is 5.91 Å². The second-order valence-electron chi connectivity index (χ2n) is 4.77. The van der Waals surface area contributed by atoms with Crippen LogP contribution in [0.4, 0.5) is 0 Å². The molecule has 0 saturated carbocycles. The second kappa shape index (κ2) is 4.19. The molecule has 102 valence electrons. The van der Waals surface area contributed by atoms with Gasteiger partial charge in [0.15, 0.2) is 5.69 Å². The van der Waals surface area contributed by atoms with Crippen LogP contribution in [-0.2, 0) is 6.54 Å². The smallest absolute Gasteiger partial charge is 0.356 e. The summed E-state index contributed by atoms with van der Waals surface area (Å²) in [6, 6.07) is 7.15. The lowest BCUT2D eigenvalue weighted by atomic mass is 10.1. The number of hydrogen-bond donors (Lipinski definition) is 1. The molecule has 0 aliphatic carbocycles. The molecule has 1 aromatic carbocycles. The maximum Gasteiger partial charge on any atom is 0.356 e. The van der Waals surface area contributed by atoms with Crippen LogP contribution in [0.2, 0.25) is 0 Å². The van der Waals surface area contributed by atoms with Crippen molar-refractivity contribution in [3.05, 3.63) is 47.0 Å². The highest BCUT2D eigenvalue weighted by molar-refractivity contribution is 5.99. The van der Waals surface area contributed by atoms with Gasteiger partial charge < -0.3 is 10.0 Å². The predicted molar refractivity (Wildman–Crippen MR) is 71.1 cm³/mol. The average molecular weight is 271 g/mol. The van der Waals surface area contributed by atoms with Crippen LogP contribution in [0.5, 0.6) is 0 Å². The van der Waals surface area contributed by atoms with E-state index in [1.165, 1.54) is 4.90 Å². The summed E-state index contributed by atoms with van der Waals surface area (Å²) < 4.78 is 1.75. The molecular weight excluding hydrogens is 258 g/mol. The zero-order valence-corrected chi connectivity index (χ0v) is 11.1. The monoisotopic (exact) mass is 271 g/mol. The summed E-state index contributed by atoms with van der Waals surface area (Å²) in [4.78, 5) is 29.3. The van der Waals surface area contributed by atoms with Gasteiger partial charge in [0, 0.05) is 7.05 Å². The van der Waals surface area contributed by atoms with Crippen molar-refractivity contribution in [2.45, 2.75) is 13.5 Å². The SMILES string of the molecule is Cc1nc(C(=O)O)c2n1-c1ccccc1C(=O)N(C)C2. The van der Waals surface area contributed by atoms with Crippen molar-refractivity contribution in [1.82, 2.24) is 14.5 Å². The van der Waals surface area contributed by atoms with Crippen LogP contribution in [-0.4, -0.2) is 38.5 Å². The minimum Gasteiger partial charge on any atom is -0.476 e. The first-order valence-corrected chi connectivity index (χ1v) is 6.17.